The van der Waals surface area contributed by atoms with E-state index in [1.807, 2.05) is 12.7 Å². The molecule has 94 valence electrons. The van der Waals surface area contributed by atoms with E-state index in [9.17, 15) is 39.5 Å². The summed E-state index contributed by atoms with van der Waals surface area (Å²) in [6.07, 6.45) is -6.73. The Bertz CT molecular complexity index is 233. The summed E-state index contributed by atoms with van der Waals surface area (Å²) >= 11 is -1.31. The van der Waals surface area contributed by atoms with Crippen molar-refractivity contribution < 1.29 is 39.5 Å². The van der Waals surface area contributed by atoms with Crippen LogP contribution in [-0.4, -0.2) is 22.0 Å². The van der Waals surface area contributed by atoms with Crippen molar-refractivity contribution in [1.29, 1.82) is 0 Å². The van der Waals surface area contributed by atoms with Crippen LogP contribution < -0.4 is 0 Å². The standard InChI is InChI=1S/C4HBrF9I/c5-15-4(13,14)2(8,9)1(6,7)3(10,11)12/h15H. The summed E-state index contributed by atoms with van der Waals surface area (Å²) < 4.78 is 102. The van der Waals surface area contributed by atoms with Gasteiger partial charge in [-0.2, -0.15) is 0 Å². The summed E-state index contributed by atoms with van der Waals surface area (Å²) in [6.45, 7) is 0. The average molecular weight is 427 g/mol. The number of alkyl halides is 10. The third kappa shape index (κ3) is 2.47. The first kappa shape index (κ1) is 15.6. The van der Waals surface area contributed by atoms with Crippen molar-refractivity contribution in [2.45, 2.75) is 22.0 Å². The van der Waals surface area contributed by atoms with Crippen LogP contribution in [0.1, 0.15) is 0 Å². The Labute approximate surface area is 93.2 Å². The zero-order valence-corrected chi connectivity index (χ0v) is 10.1. The van der Waals surface area contributed by atoms with Gasteiger partial charge in [-0.3, -0.25) is 0 Å². The third-order valence-corrected chi connectivity index (χ3v) is 5.23. The van der Waals surface area contributed by atoms with Crippen molar-refractivity contribution in [2.24, 2.45) is 0 Å². The van der Waals surface area contributed by atoms with Crippen LogP contribution in [0, 0.1) is 0 Å². The van der Waals surface area contributed by atoms with Gasteiger partial charge in [0.15, 0.2) is 0 Å². The molecule has 0 unspecified atom stereocenters. The van der Waals surface area contributed by atoms with E-state index >= 15 is 0 Å². The van der Waals surface area contributed by atoms with Crippen LogP contribution in [-0.2, 0) is 0 Å². The van der Waals surface area contributed by atoms with Gasteiger partial charge in [0.25, 0.3) is 0 Å². The van der Waals surface area contributed by atoms with Crippen molar-refractivity contribution in [3.63, 3.8) is 0 Å². The molecule has 0 aliphatic carbocycles. The van der Waals surface area contributed by atoms with Crippen molar-refractivity contribution in [3.05, 3.63) is 0 Å². The van der Waals surface area contributed by atoms with Gasteiger partial charge in [0.05, 0.1) is 0 Å². The fraction of sp³-hybridized carbons (Fsp3) is 1.00. The first-order chi connectivity index (χ1) is 6.31. The molecule has 0 aromatic carbocycles. The zero-order valence-electron chi connectivity index (χ0n) is 6.19. The fourth-order valence-electron chi connectivity index (χ4n) is 0.409. The molecule has 0 radical (unpaired) electrons. The zero-order chi connectivity index (χ0) is 12.7. The summed E-state index contributed by atoms with van der Waals surface area (Å²) in [5.41, 5.74) is 0. The van der Waals surface area contributed by atoms with Crippen molar-refractivity contribution in [1.82, 2.24) is 0 Å². The Hall–Kier alpha value is 0.580. The van der Waals surface area contributed by atoms with Crippen LogP contribution in [0.2, 0.25) is 0 Å². The minimum atomic E-state index is -6.76. The predicted octanol–water partition coefficient (Wildman–Crippen LogP) is 4.42. The Morgan fingerprint density at radius 3 is 1.20 bits per heavy atom. The van der Waals surface area contributed by atoms with E-state index in [1.54, 1.807) is 0 Å². The molecule has 0 nitrogen and oxygen atoms in total. The molecule has 0 amide bonds. The maximum atomic E-state index is 12.3. The normalized spacial score (nSPS) is 15.9. The molecule has 0 heterocycles. The van der Waals surface area contributed by atoms with E-state index < -0.39 is 40.9 Å². The minimum absolute atomic E-state index is 1.87. The van der Waals surface area contributed by atoms with Crippen LogP contribution in [0.5, 0.6) is 0 Å². The molecule has 0 spiro atoms. The van der Waals surface area contributed by atoms with E-state index in [1.165, 1.54) is 0 Å². The second-order valence-electron chi connectivity index (χ2n) is 2.24. The van der Waals surface area contributed by atoms with Crippen LogP contribution in [0.25, 0.3) is 0 Å². The Kier molecular flexibility index (Phi) is 4.27. The number of rotatable bonds is 3. The van der Waals surface area contributed by atoms with Crippen LogP contribution in [0.15, 0.2) is 0 Å². The number of hydrogen-bond donors (Lipinski definition) is 0. The number of halogens is 11. The molecule has 0 aromatic heterocycles. The first-order valence-electron chi connectivity index (χ1n) is 2.81. The summed E-state index contributed by atoms with van der Waals surface area (Å²) in [6, 6.07) is 0. The van der Waals surface area contributed by atoms with Gasteiger partial charge in [-0.05, 0) is 0 Å². The van der Waals surface area contributed by atoms with Crippen LogP contribution in [0.3, 0.4) is 0 Å². The van der Waals surface area contributed by atoms with Gasteiger partial charge in [0.1, 0.15) is 0 Å². The van der Waals surface area contributed by atoms with Crippen molar-refractivity contribution >= 4 is 31.7 Å². The Morgan fingerprint density at radius 2 is 1.00 bits per heavy atom. The second-order valence-corrected chi connectivity index (χ2v) is 6.32. The second kappa shape index (κ2) is 4.11. The number of hydrogen-bond acceptors (Lipinski definition) is 0. The van der Waals surface area contributed by atoms with Crippen molar-refractivity contribution in [2.75, 3.05) is 0 Å². The molecule has 0 rings (SSSR count). The topological polar surface area (TPSA) is 0 Å². The molecule has 0 aliphatic rings. The maximum absolute atomic E-state index is 12.3. The third-order valence-electron chi connectivity index (χ3n) is 1.21. The molecule has 0 saturated heterocycles. The fourth-order valence-corrected chi connectivity index (χ4v) is 2.42. The van der Waals surface area contributed by atoms with Gasteiger partial charge in [0, 0.05) is 0 Å². The van der Waals surface area contributed by atoms with E-state index in [4.69, 9.17) is 0 Å². The molecule has 15 heavy (non-hydrogen) atoms. The summed E-state index contributed by atoms with van der Waals surface area (Å²) in [4.78, 5) is 0. The van der Waals surface area contributed by atoms with Gasteiger partial charge in [-0.15, -0.1) is 0 Å². The predicted molar refractivity (Wildman–Crippen MR) is 45.2 cm³/mol. The molecule has 0 aromatic rings. The first-order valence-corrected chi connectivity index (χ1v) is 9.20. The SMILES string of the molecule is FC(F)(F)C(F)(F)C(F)(F)C(F)(F)[IH]Br. The van der Waals surface area contributed by atoms with E-state index in [0.29, 0.717) is 0 Å². The molecule has 0 atom stereocenters. The molecular formula is C4HBrF9I. The van der Waals surface area contributed by atoms with Gasteiger partial charge in [-0.25, -0.2) is 0 Å². The van der Waals surface area contributed by atoms with E-state index in [0.717, 1.165) is 0 Å². The molecule has 0 fully saturated rings. The molecule has 0 saturated carbocycles. The summed E-state index contributed by atoms with van der Waals surface area (Å²) in [5.74, 6) is -13.2. The van der Waals surface area contributed by atoms with Gasteiger partial charge in [-0.1, -0.05) is 0 Å². The van der Waals surface area contributed by atoms with Gasteiger partial charge >= 0.3 is 93.1 Å². The Morgan fingerprint density at radius 1 is 0.667 bits per heavy atom. The van der Waals surface area contributed by atoms with Crippen LogP contribution >= 0.6 is 31.7 Å². The molecule has 0 N–H and O–H groups in total. The van der Waals surface area contributed by atoms with E-state index in [-0.39, 0.29) is 0 Å². The van der Waals surface area contributed by atoms with E-state index in [2.05, 4.69) is 0 Å². The van der Waals surface area contributed by atoms with Crippen molar-refractivity contribution in [3.8, 4) is 0 Å². The molecule has 0 bridgehead atoms. The Balaban J connectivity index is 5.38. The average Bonchev–Trinajstić information content (AvgIpc) is 2.01. The van der Waals surface area contributed by atoms with Gasteiger partial charge < -0.3 is 0 Å². The monoisotopic (exact) mass is 426 g/mol. The molecule has 0 aliphatic heterocycles. The quantitative estimate of drug-likeness (QED) is 0.356. The molecular weight excluding hydrogens is 426 g/mol. The van der Waals surface area contributed by atoms with Gasteiger partial charge in [0.2, 0.25) is 0 Å². The van der Waals surface area contributed by atoms with Crippen LogP contribution in [0.4, 0.5) is 39.5 Å². The molecule has 11 heteroatoms. The summed E-state index contributed by atoms with van der Waals surface area (Å²) in [7, 11) is 0. The summed E-state index contributed by atoms with van der Waals surface area (Å²) in [5, 5.41) is 0.